The third-order valence-electron chi connectivity index (χ3n) is 6.63. The molecule has 10 heteroatoms. The molecule has 1 aromatic rings. The van der Waals surface area contributed by atoms with Crippen LogP contribution in [0.5, 0.6) is 0 Å². The summed E-state index contributed by atoms with van der Waals surface area (Å²) in [5.41, 5.74) is -0.351. The third-order valence-corrected chi connectivity index (χ3v) is 10.2. The first-order valence-corrected chi connectivity index (χ1v) is 15.2. The second kappa shape index (κ2) is 17.2. The van der Waals surface area contributed by atoms with Crippen LogP contribution in [0.1, 0.15) is 57.9 Å². The van der Waals surface area contributed by atoms with E-state index in [2.05, 4.69) is 12.2 Å². The van der Waals surface area contributed by atoms with Gasteiger partial charge >= 0.3 is 13.9 Å². The zero-order valence-corrected chi connectivity index (χ0v) is 25.8. The molecule has 9 nitrogen and oxygen atoms in total. The molecule has 0 radical (unpaired) electrons. The molecule has 0 aliphatic rings. The first-order chi connectivity index (χ1) is 17.9. The molecule has 38 heavy (non-hydrogen) atoms. The maximum absolute atomic E-state index is 13.5. The van der Waals surface area contributed by atoms with Crippen LogP contribution in [0.25, 0.3) is 0 Å². The molecule has 2 unspecified atom stereocenters. The lowest BCUT2D eigenvalue weighted by Crippen LogP contribution is -2.52. The van der Waals surface area contributed by atoms with Crippen molar-refractivity contribution in [1.82, 2.24) is 19.3 Å². The molecular formula is C28H52N4O5P+. The van der Waals surface area contributed by atoms with E-state index in [-0.39, 0.29) is 6.61 Å². The molecule has 0 aromatic heterocycles. The largest absolute Gasteiger partial charge is 0.464 e. The van der Waals surface area contributed by atoms with Gasteiger partial charge in [0.2, 0.25) is 5.91 Å². The molecule has 2 atom stereocenters. The van der Waals surface area contributed by atoms with E-state index < -0.39 is 37.9 Å². The standard InChI is InChI=1S/C28H51N4O5P/c1-9-10-11-12-13-17-20-36-26(34)25(21-24-18-15-14-16-19-24)29-27(35)28(2,22-33)23-37-38(30(3)4,31(5)6)32(7)8/h14-16,18-19,25,33H,9-13,17,20-23H2,1-8H3/p+1. The van der Waals surface area contributed by atoms with Crippen LogP contribution in [-0.4, -0.2) is 99.1 Å². The van der Waals surface area contributed by atoms with E-state index in [1.807, 2.05) is 86.6 Å². The second-order valence-corrected chi connectivity index (χ2v) is 14.4. The maximum atomic E-state index is 13.5. The van der Waals surface area contributed by atoms with Crippen molar-refractivity contribution >= 4 is 19.8 Å². The summed E-state index contributed by atoms with van der Waals surface area (Å²) in [7, 11) is 9.20. The summed E-state index contributed by atoms with van der Waals surface area (Å²) in [4.78, 5) is 26.6. The molecule has 1 amide bonds. The highest BCUT2D eigenvalue weighted by Gasteiger charge is 2.53. The van der Waals surface area contributed by atoms with Crippen molar-refractivity contribution in [1.29, 1.82) is 0 Å². The highest BCUT2D eigenvalue weighted by atomic mass is 31.2. The fraction of sp³-hybridized carbons (Fsp3) is 0.714. The topological polar surface area (TPSA) is 94.6 Å². The summed E-state index contributed by atoms with van der Waals surface area (Å²) in [6, 6.07) is 8.66. The molecule has 1 rings (SSSR count). The highest BCUT2D eigenvalue weighted by molar-refractivity contribution is 7.64. The summed E-state index contributed by atoms with van der Waals surface area (Å²) in [5, 5.41) is 13.2. The third kappa shape index (κ3) is 10.2. The van der Waals surface area contributed by atoms with Crippen molar-refractivity contribution in [3.8, 4) is 0 Å². The van der Waals surface area contributed by atoms with E-state index in [1.54, 1.807) is 6.92 Å². The highest BCUT2D eigenvalue weighted by Crippen LogP contribution is 2.65. The summed E-state index contributed by atoms with van der Waals surface area (Å²) in [6.07, 6.45) is 6.84. The minimum Gasteiger partial charge on any atom is -0.464 e. The van der Waals surface area contributed by atoms with Gasteiger partial charge in [-0.05, 0) is 18.9 Å². The number of hydrogen-bond donors (Lipinski definition) is 2. The van der Waals surface area contributed by atoms with Gasteiger partial charge in [0, 0.05) is 48.7 Å². The molecule has 0 aliphatic carbocycles. The average molecular weight is 556 g/mol. The maximum Gasteiger partial charge on any atom is 0.369 e. The normalized spacial score (nSPS) is 14.5. The lowest BCUT2D eigenvalue weighted by molar-refractivity contribution is -0.150. The number of hydrogen-bond acceptors (Lipinski definition) is 8. The number of carbonyl (C=O) groups is 2. The number of benzene rings is 1. The average Bonchev–Trinajstić information content (AvgIpc) is 2.87. The Kier molecular flexibility index (Phi) is 15.5. The molecule has 1 aromatic carbocycles. The van der Waals surface area contributed by atoms with Gasteiger partial charge in [-0.15, -0.1) is 14.0 Å². The molecule has 0 fully saturated rings. The number of ether oxygens (including phenoxy) is 1. The van der Waals surface area contributed by atoms with Crippen molar-refractivity contribution in [3.05, 3.63) is 35.9 Å². The first-order valence-electron chi connectivity index (χ1n) is 13.6. The Morgan fingerprint density at radius 3 is 2.03 bits per heavy atom. The summed E-state index contributed by atoms with van der Waals surface area (Å²) >= 11 is 0. The molecule has 0 aliphatic heterocycles. The number of rotatable bonds is 19. The second-order valence-electron chi connectivity index (χ2n) is 10.7. The minimum absolute atomic E-state index is 0.0253. The van der Waals surface area contributed by atoms with Crippen molar-refractivity contribution < 1.29 is 24.0 Å². The van der Waals surface area contributed by atoms with Gasteiger partial charge in [-0.3, -0.25) is 4.79 Å². The van der Waals surface area contributed by atoms with Crippen LogP contribution in [0.4, 0.5) is 0 Å². The number of nitrogens with zero attached hydrogens (tertiary/aromatic N) is 3. The minimum atomic E-state index is -2.38. The molecule has 2 N–H and O–H groups in total. The number of amides is 1. The van der Waals surface area contributed by atoms with Crippen LogP contribution in [-0.2, 0) is 25.3 Å². The van der Waals surface area contributed by atoms with Crippen LogP contribution in [0, 0.1) is 5.41 Å². The van der Waals surface area contributed by atoms with E-state index >= 15 is 0 Å². The fourth-order valence-electron chi connectivity index (χ4n) is 4.36. The van der Waals surface area contributed by atoms with Crippen molar-refractivity contribution in [2.45, 2.75) is 64.8 Å². The Morgan fingerprint density at radius 2 is 1.50 bits per heavy atom. The van der Waals surface area contributed by atoms with Crippen LogP contribution in [0.2, 0.25) is 0 Å². The molecule has 218 valence electrons. The van der Waals surface area contributed by atoms with Gasteiger partial charge in [0.1, 0.15) is 12.6 Å². The van der Waals surface area contributed by atoms with Gasteiger partial charge in [0.05, 0.1) is 18.6 Å². The molecular weight excluding hydrogens is 503 g/mol. The molecule has 0 saturated heterocycles. The number of esters is 1. The number of aliphatic hydroxyl groups is 1. The van der Waals surface area contributed by atoms with E-state index in [4.69, 9.17) is 9.26 Å². The van der Waals surface area contributed by atoms with E-state index in [0.717, 1.165) is 24.8 Å². The van der Waals surface area contributed by atoms with Gasteiger partial charge in [0.25, 0.3) is 0 Å². The van der Waals surface area contributed by atoms with E-state index in [0.29, 0.717) is 13.0 Å². The number of aliphatic hydroxyl groups excluding tert-OH is 1. The first kappa shape index (κ1) is 34.4. The Balaban J connectivity index is 2.97. The monoisotopic (exact) mass is 555 g/mol. The van der Waals surface area contributed by atoms with Crippen LogP contribution in [0.15, 0.2) is 30.3 Å². The Labute approximate surface area is 231 Å². The summed E-state index contributed by atoms with van der Waals surface area (Å²) in [5.74, 6) is -0.916. The predicted octanol–water partition coefficient (Wildman–Crippen LogP) is 4.00. The van der Waals surface area contributed by atoms with Gasteiger partial charge in [0.15, 0.2) is 0 Å². The van der Waals surface area contributed by atoms with Crippen LogP contribution < -0.4 is 5.32 Å². The van der Waals surface area contributed by atoms with Gasteiger partial charge < -0.3 is 15.2 Å². The summed E-state index contributed by atoms with van der Waals surface area (Å²) in [6.45, 7) is 3.70. The zero-order valence-electron chi connectivity index (χ0n) is 24.9. The molecule has 0 bridgehead atoms. The predicted molar refractivity (Wildman–Crippen MR) is 156 cm³/mol. The molecule has 0 spiro atoms. The van der Waals surface area contributed by atoms with Crippen molar-refractivity contribution in [2.24, 2.45) is 5.41 Å². The van der Waals surface area contributed by atoms with Crippen molar-refractivity contribution in [3.63, 3.8) is 0 Å². The lowest BCUT2D eigenvalue weighted by atomic mass is 9.91. The van der Waals surface area contributed by atoms with Gasteiger partial charge in [-0.25, -0.2) is 4.79 Å². The van der Waals surface area contributed by atoms with Gasteiger partial charge in [-0.1, -0.05) is 69.4 Å². The number of nitrogens with one attached hydrogen (secondary N) is 1. The Bertz CT molecular complexity index is 803. The van der Waals surface area contributed by atoms with E-state index in [1.165, 1.54) is 19.3 Å². The lowest BCUT2D eigenvalue weighted by Gasteiger charge is -2.39. The van der Waals surface area contributed by atoms with Crippen molar-refractivity contribution in [2.75, 3.05) is 62.1 Å². The molecule has 0 heterocycles. The van der Waals surface area contributed by atoms with Crippen LogP contribution in [0.3, 0.4) is 0 Å². The molecule has 0 saturated carbocycles. The fourth-order valence-corrected chi connectivity index (χ4v) is 7.66. The Hall–Kier alpha value is -1.61. The Morgan fingerprint density at radius 1 is 0.947 bits per heavy atom. The zero-order chi connectivity index (χ0) is 28.8. The summed E-state index contributed by atoms with van der Waals surface area (Å²) < 4.78 is 18.0. The quantitative estimate of drug-likeness (QED) is 0.150. The smallest absolute Gasteiger partial charge is 0.369 e. The van der Waals surface area contributed by atoms with E-state index in [9.17, 15) is 14.7 Å². The number of carbonyl (C=O) groups excluding carboxylic acids is 2. The van der Waals surface area contributed by atoms with Gasteiger partial charge in [-0.2, -0.15) is 4.52 Å². The number of unbranched alkanes of at least 4 members (excludes halogenated alkanes) is 5. The van der Waals surface area contributed by atoms with Crippen LogP contribution >= 0.6 is 7.94 Å². The SMILES string of the molecule is CCCCCCCCOC(=O)C(Cc1ccccc1)NC(=O)C(C)(CO)CO[P+](N(C)C)(N(C)C)N(C)C.